The van der Waals surface area contributed by atoms with Gasteiger partial charge in [0.2, 0.25) is 5.91 Å². The number of rotatable bonds is 2. The Hall–Kier alpha value is -1.30. The second kappa shape index (κ2) is 2.75. The van der Waals surface area contributed by atoms with Gasteiger partial charge in [0.05, 0.1) is 12.6 Å². The van der Waals surface area contributed by atoms with Gasteiger partial charge in [-0.2, -0.15) is 0 Å². The molecule has 4 N–H and O–H groups in total. The molecule has 1 rings (SSSR count). The summed E-state index contributed by atoms with van der Waals surface area (Å²) in [7, 11) is 0. The Labute approximate surface area is 62.2 Å². The molecule has 0 aromatic rings. The molecule has 6 nitrogen and oxygen atoms in total. The van der Waals surface area contributed by atoms with Gasteiger partial charge in [-0.25, -0.2) is 4.79 Å². The molecule has 2 amide bonds. The van der Waals surface area contributed by atoms with E-state index in [1.807, 2.05) is 5.32 Å². The molecule has 0 spiro atoms. The Bertz CT molecular complexity index is 193. The molecule has 1 heterocycles. The van der Waals surface area contributed by atoms with Crippen LogP contribution in [-0.4, -0.2) is 40.9 Å². The number of carboxylic acid groups (broad SMARTS) is 1. The standard InChI is InChI=1S/C5H8N2O4/c8-1-2-3(4(9)6-2)7-5(10)11/h2-3,7-8H,1H2,(H,6,9)(H,10,11)/t2-,3+/m1/s1. The fourth-order valence-electron chi connectivity index (χ4n) is 0.893. The zero-order valence-corrected chi connectivity index (χ0v) is 5.57. The molecule has 62 valence electrons. The van der Waals surface area contributed by atoms with E-state index in [4.69, 9.17) is 10.2 Å². The Morgan fingerprint density at radius 1 is 1.73 bits per heavy atom. The molecule has 0 bridgehead atoms. The Morgan fingerprint density at radius 2 is 2.36 bits per heavy atom. The summed E-state index contributed by atoms with van der Waals surface area (Å²) in [5, 5.41) is 21.1. The number of aliphatic hydroxyl groups is 1. The summed E-state index contributed by atoms with van der Waals surface area (Å²) in [6.07, 6.45) is -1.26. The molecular weight excluding hydrogens is 152 g/mol. The van der Waals surface area contributed by atoms with Crippen molar-refractivity contribution in [3.8, 4) is 0 Å². The molecule has 0 aromatic carbocycles. The fraction of sp³-hybridized carbons (Fsp3) is 0.600. The molecule has 2 atom stereocenters. The van der Waals surface area contributed by atoms with Crippen LogP contribution in [0.4, 0.5) is 4.79 Å². The minimum atomic E-state index is -1.26. The van der Waals surface area contributed by atoms with Crippen molar-refractivity contribution >= 4 is 12.0 Å². The van der Waals surface area contributed by atoms with Gasteiger partial charge < -0.3 is 20.8 Å². The monoisotopic (exact) mass is 160 g/mol. The highest BCUT2D eigenvalue weighted by molar-refractivity contribution is 5.91. The van der Waals surface area contributed by atoms with Crippen molar-refractivity contribution < 1.29 is 19.8 Å². The molecular formula is C5H8N2O4. The lowest BCUT2D eigenvalue weighted by molar-refractivity contribution is -0.132. The van der Waals surface area contributed by atoms with Crippen molar-refractivity contribution in [3.05, 3.63) is 0 Å². The van der Waals surface area contributed by atoms with Crippen LogP contribution in [0.5, 0.6) is 0 Å². The lowest BCUT2D eigenvalue weighted by Gasteiger charge is -2.34. The fourth-order valence-corrected chi connectivity index (χ4v) is 0.893. The van der Waals surface area contributed by atoms with Crippen LogP contribution < -0.4 is 10.6 Å². The number of hydrogen-bond donors (Lipinski definition) is 4. The quantitative estimate of drug-likeness (QED) is 0.355. The van der Waals surface area contributed by atoms with E-state index in [-0.39, 0.29) is 6.61 Å². The average molecular weight is 160 g/mol. The van der Waals surface area contributed by atoms with Crippen molar-refractivity contribution in [2.75, 3.05) is 6.61 Å². The van der Waals surface area contributed by atoms with E-state index in [0.717, 1.165) is 0 Å². The lowest BCUT2D eigenvalue weighted by atomic mass is 10.0. The van der Waals surface area contributed by atoms with Gasteiger partial charge in [-0.1, -0.05) is 0 Å². The lowest BCUT2D eigenvalue weighted by Crippen LogP contribution is -2.70. The second-order valence-corrected chi connectivity index (χ2v) is 2.22. The smallest absolute Gasteiger partial charge is 0.405 e. The van der Waals surface area contributed by atoms with Crippen LogP contribution in [-0.2, 0) is 4.79 Å². The predicted octanol–water partition coefficient (Wildman–Crippen LogP) is -1.89. The summed E-state index contributed by atoms with van der Waals surface area (Å²) in [6.45, 7) is -0.253. The summed E-state index contributed by atoms with van der Waals surface area (Å²) in [5.74, 6) is -0.397. The number of carbonyl (C=O) groups is 2. The number of carbonyl (C=O) groups excluding carboxylic acids is 1. The maximum Gasteiger partial charge on any atom is 0.405 e. The number of amides is 2. The van der Waals surface area contributed by atoms with Gasteiger partial charge in [-0.15, -0.1) is 0 Å². The highest BCUT2D eigenvalue weighted by Gasteiger charge is 2.39. The van der Waals surface area contributed by atoms with Gasteiger partial charge in [0.25, 0.3) is 0 Å². The number of β-lactam (4-membered cyclic amide) rings is 1. The van der Waals surface area contributed by atoms with E-state index < -0.39 is 24.1 Å². The molecule has 0 aliphatic carbocycles. The normalized spacial score (nSPS) is 28.6. The second-order valence-electron chi connectivity index (χ2n) is 2.22. The van der Waals surface area contributed by atoms with Crippen molar-refractivity contribution in [2.45, 2.75) is 12.1 Å². The van der Waals surface area contributed by atoms with Crippen LogP contribution >= 0.6 is 0 Å². The molecule has 11 heavy (non-hydrogen) atoms. The summed E-state index contributed by atoms with van der Waals surface area (Å²) in [5.41, 5.74) is 0. The molecule has 1 aliphatic rings. The van der Waals surface area contributed by atoms with Gasteiger partial charge in [-0.05, 0) is 0 Å². The highest BCUT2D eigenvalue weighted by Crippen LogP contribution is 2.04. The van der Waals surface area contributed by atoms with Crippen molar-refractivity contribution in [1.29, 1.82) is 0 Å². The van der Waals surface area contributed by atoms with Crippen molar-refractivity contribution in [3.63, 3.8) is 0 Å². The van der Waals surface area contributed by atoms with Crippen LogP contribution in [0.2, 0.25) is 0 Å². The van der Waals surface area contributed by atoms with Gasteiger partial charge in [-0.3, -0.25) is 4.79 Å². The summed E-state index contributed by atoms with van der Waals surface area (Å²) < 4.78 is 0. The summed E-state index contributed by atoms with van der Waals surface area (Å²) >= 11 is 0. The van der Waals surface area contributed by atoms with E-state index in [2.05, 4.69) is 5.32 Å². The van der Waals surface area contributed by atoms with E-state index in [9.17, 15) is 9.59 Å². The molecule has 0 unspecified atom stereocenters. The molecule has 0 aromatic heterocycles. The van der Waals surface area contributed by atoms with Gasteiger partial charge in [0, 0.05) is 0 Å². The zero-order valence-electron chi connectivity index (χ0n) is 5.57. The number of hydrogen-bond acceptors (Lipinski definition) is 3. The van der Waals surface area contributed by atoms with Crippen LogP contribution in [0, 0.1) is 0 Å². The maximum absolute atomic E-state index is 10.6. The largest absolute Gasteiger partial charge is 0.465 e. The van der Waals surface area contributed by atoms with E-state index in [1.165, 1.54) is 0 Å². The van der Waals surface area contributed by atoms with E-state index >= 15 is 0 Å². The number of nitrogens with one attached hydrogen (secondary N) is 2. The van der Waals surface area contributed by atoms with Gasteiger partial charge in [0.1, 0.15) is 6.04 Å². The first-order valence-corrected chi connectivity index (χ1v) is 3.06. The Balaban J connectivity index is 2.42. The third-order valence-corrected chi connectivity index (χ3v) is 1.49. The Morgan fingerprint density at radius 3 is 2.73 bits per heavy atom. The topological polar surface area (TPSA) is 98.7 Å². The van der Waals surface area contributed by atoms with Crippen molar-refractivity contribution in [2.24, 2.45) is 0 Å². The highest BCUT2D eigenvalue weighted by atomic mass is 16.4. The molecule has 0 radical (unpaired) electrons. The van der Waals surface area contributed by atoms with E-state index in [0.29, 0.717) is 0 Å². The Kier molecular flexibility index (Phi) is 1.95. The predicted molar refractivity (Wildman–Crippen MR) is 34.0 cm³/mol. The van der Waals surface area contributed by atoms with Crippen molar-refractivity contribution in [1.82, 2.24) is 10.6 Å². The first-order chi connectivity index (χ1) is 5.15. The van der Waals surface area contributed by atoms with Crippen LogP contribution in [0.25, 0.3) is 0 Å². The van der Waals surface area contributed by atoms with Gasteiger partial charge in [0.15, 0.2) is 0 Å². The zero-order chi connectivity index (χ0) is 8.43. The minimum absolute atomic E-state index is 0.253. The third-order valence-electron chi connectivity index (χ3n) is 1.49. The van der Waals surface area contributed by atoms with Crippen LogP contribution in [0.1, 0.15) is 0 Å². The number of aliphatic hydroxyl groups excluding tert-OH is 1. The van der Waals surface area contributed by atoms with Crippen LogP contribution in [0.15, 0.2) is 0 Å². The first-order valence-electron chi connectivity index (χ1n) is 3.06. The average Bonchev–Trinajstić information content (AvgIpc) is 1.95. The SMILES string of the molecule is O=C(O)N[C@@H]1C(=O)N[C@@H]1CO. The molecule has 6 heteroatoms. The summed E-state index contributed by atoms with van der Waals surface area (Å²) in [6, 6.07) is -1.27. The molecule has 0 saturated carbocycles. The first kappa shape index (κ1) is 7.80. The molecule has 1 fully saturated rings. The van der Waals surface area contributed by atoms with Crippen LogP contribution in [0.3, 0.4) is 0 Å². The molecule has 1 saturated heterocycles. The third kappa shape index (κ3) is 1.40. The van der Waals surface area contributed by atoms with E-state index in [1.54, 1.807) is 0 Å². The maximum atomic E-state index is 10.6. The van der Waals surface area contributed by atoms with Gasteiger partial charge >= 0.3 is 6.09 Å². The molecule has 1 aliphatic heterocycles. The minimum Gasteiger partial charge on any atom is -0.465 e. The summed E-state index contributed by atoms with van der Waals surface area (Å²) in [4.78, 5) is 20.6.